The third kappa shape index (κ3) is 6.29. The number of benzene rings is 1. The minimum Gasteiger partial charge on any atom is -0.476 e. The Morgan fingerprint density at radius 2 is 1.91 bits per heavy atom. The molecule has 9 nitrogen and oxygen atoms in total. The highest BCUT2D eigenvalue weighted by Gasteiger charge is 2.30. The quantitative estimate of drug-likeness (QED) is 0.400. The first-order chi connectivity index (χ1) is 16.3. The lowest BCUT2D eigenvalue weighted by atomic mass is 10.2. The topological polar surface area (TPSA) is 96.1 Å². The number of rotatable bonds is 11. The first-order valence-electron chi connectivity index (χ1n) is 10.5. The van der Waals surface area contributed by atoms with Gasteiger partial charge in [-0.1, -0.05) is 11.8 Å². The van der Waals surface area contributed by atoms with Crippen molar-refractivity contribution in [2.75, 3.05) is 31.4 Å². The Hall–Kier alpha value is -3.06. The number of halogens is 3. The van der Waals surface area contributed by atoms with E-state index in [0.29, 0.717) is 48.7 Å². The van der Waals surface area contributed by atoms with Gasteiger partial charge in [-0.25, -0.2) is 0 Å². The van der Waals surface area contributed by atoms with Crippen molar-refractivity contribution in [3.05, 3.63) is 36.0 Å². The van der Waals surface area contributed by atoms with Crippen molar-refractivity contribution >= 4 is 23.4 Å². The van der Waals surface area contributed by atoms with Gasteiger partial charge in [0.05, 0.1) is 31.1 Å². The number of methoxy groups -OCH3 is 1. The molecule has 0 saturated carbocycles. The second-order valence-electron chi connectivity index (χ2n) is 7.00. The fourth-order valence-electron chi connectivity index (χ4n) is 3.01. The van der Waals surface area contributed by atoms with Gasteiger partial charge in [-0.05, 0) is 38.1 Å². The van der Waals surface area contributed by atoms with E-state index < -0.39 is 11.7 Å². The molecule has 2 heterocycles. The molecule has 0 atom stereocenters. The van der Waals surface area contributed by atoms with E-state index in [2.05, 4.69) is 20.6 Å². The number of nitrogens with one attached hydrogen (secondary N) is 1. The number of carbonyl (C=O) groups is 1. The lowest BCUT2D eigenvalue weighted by Gasteiger charge is -2.10. The maximum atomic E-state index is 12.7. The van der Waals surface area contributed by atoms with Crippen molar-refractivity contribution in [1.29, 1.82) is 0 Å². The molecular formula is C21H25F3N6O3S. The van der Waals surface area contributed by atoms with Gasteiger partial charge in [0.2, 0.25) is 11.8 Å². The van der Waals surface area contributed by atoms with E-state index in [9.17, 15) is 18.0 Å². The second kappa shape index (κ2) is 11.4. The summed E-state index contributed by atoms with van der Waals surface area (Å²) in [6.07, 6.45) is -2.61. The van der Waals surface area contributed by atoms with Crippen molar-refractivity contribution in [1.82, 2.24) is 24.5 Å². The molecule has 3 rings (SSSR count). The minimum atomic E-state index is -4.43. The van der Waals surface area contributed by atoms with Gasteiger partial charge in [0.1, 0.15) is 5.56 Å². The summed E-state index contributed by atoms with van der Waals surface area (Å²) in [6.45, 7) is 5.73. The SMILES string of the molecule is CCOc1nn(CC)cc1-c1nnc(SCC(=O)Nc2ccc(C(F)(F)F)cc2)n1CCOC. The standard InChI is InChI=1S/C21H25F3N6O3S/c1-4-29-12-16(19(28-29)33-5-2)18-26-27-20(30(18)10-11-32-3)34-13-17(31)25-15-8-6-14(7-9-15)21(22,23)24/h6-9,12H,4-5,10-11,13H2,1-3H3,(H,25,31). The summed E-state index contributed by atoms with van der Waals surface area (Å²) in [5.74, 6) is 0.567. The van der Waals surface area contributed by atoms with Gasteiger partial charge in [-0.2, -0.15) is 13.2 Å². The number of amides is 1. The summed E-state index contributed by atoms with van der Waals surface area (Å²) in [5, 5.41) is 16.0. The number of hydrogen-bond acceptors (Lipinski definition) is 7. The number of thioether (sulfide) groups is 1. The van der Waals surface area contributed by atoms with E-state index >= 15 is 0 Å². The zero-order valence-corrected chi connectivity index (χ0v) is 19.7. The predicted molar refractivity (Wildman–Crippen MR) is 121 cm³/mol. The number of aromatic nitrogens is 5. The van der Waals surface area contributed by atoms with Gasteiger partial charge in [-0.3, -0.25) is 14.0 Å². The molecule has 0 spiro atoms. The molecule has 13 heteroatoms. The van der Waals surface area contributed by atoms with Crippen LogP contribution in [0.15, 0.2) is 35.6 Å². The molecule has 1 amide bonds. The maximum Gasteiger partial charge on any atom is 0.416 e. The van der Waals surface area contributed by atoms with E-state index in [0.717, 1.165) is 23.9 Å². The van der Waals surface area contributed by atoms with E-state index in [4.69, 9.17) is 9.47 Å². The van der Waals surface area contributed by atoms with Crippen molar-refractivity contribution < 1.29 is 27.4 Å². The third-order valence-electron chi connectivity index (χ3n) is 4.64. The highest BCUT2D eigenvalue weighted by Crippen LogP contribution is 2.31. The molecule has 2 aromatic heterocycles. The molecule has 184 valence electrons. The smallest absolute Gasteiger partial charge is 0.416 e. The fourth-order valence-corrected chi connectivity index (χ4v) is 3.78. The summed E-state index contributed by atoms with van der Waals surface area (Å²) in [6, 6.07) is 4.27. The lowest BCUT2D eigenvalue weighted by molar-refractivity contribution is -0.137. The Morgan fingerprint density at radius 3 is 2.53 bits per heavy atom. The first kappa shape index (κ1) is 25.6. The molecule has 34 heavy (non-hydrogen) atoms. The number of alkyl halides is 3. The normalized spacial score (nSPS) is 11.6. The Balaban J connectivity index is 1.74. The molecule has 0 aliphatic rings. The monoisotopic (exact) mass is 498 g/mol. The van der Waals surface area contributed by atoms with Crippen molar-refractivity contribution in [2.45, 2.75) is 38.3 Å². The Bertz CT molecular complexity index is 1100. The molecule has 0 aliphatic heterocycles. The van der Waals surface area contributed by atoms with Crippen LogP contribution < -0.4 is 10.1 Å². The summed E-state index contributed by atoms with van der Waals surface area (Å²) >= 11 is 1.15. The predicted octanol–water partition coefficient (Wildman–Crippen LogP) is 3.96. The van der Waals surface area contributed by atoms with Gasteiger partial charge >= 0.3 is 6.18 Å². The van der Waals surface area contributed by atoms with Crippen molar-refractivity contribution in [3.63, 3.8) is 0 Å². The summed E-state index contributed by atoms with van der Waals surface area (Å²) in [4.78, 5) is 12.4. The highest BCUT2D eigenvalue weighted by atomic mass is 32.2. The lowest BCUT2D eigenvalue weighted by Crippen LogP contribution is -2.15. The average molecular weight is 499 g/mol. The third-order valence-corrected chi connectivity index (χ3v) is 5.60. The van der Waals surface area contributed by atoms with Crippen LogP contribution in [0.1, 0.15) is 19.4 Å². The Kier molecular flexibility index (Phi) is 8.56. The summed E-state index contributed by atoms with van der Waals surface area (Å²) in [7, 11) is 1.58. The van der Waals surface area contributed by atoms with Crippen LogP contribution in [0.4, 0.5) is 18.9 Å². The first-order valence-corrected chi connectivity index (χ1v) is 11.5. The Labute approximate surface area is 198 Å². The number of anilines is 1. The van der Waals surface area contributed by atoms with Crippen LogP contribution in [-0.2, 0) is 28.8 Å². The van der Waals surface area contributed by atoms with E-state index in [-0.39, 0.29) is 17.3 Å². The number of aryl methyl sites for hydroxylation is 1. The molecule has 0 radical (unpaired) electrons. The van der Waals surface area contributed by atoms with E-state index in [1.54, 1.807) is 11.8 Å². The second-order valence-corrected chi connectivity index (χ2v) is 7.94. The fraction of sp³-hybridized carbons (Fsp3) is 0.429. The van der Waals surface area contributed by atoms with Crippen LogP contribution in [0.25, 0.3) is 11.4 Å². The highest BCUT2D eigenvalue weighted by molar-refractivity contribution is 7.99. The van der Waals surface area contributed by atoms with Gasteiger partial charge in [-0.15, -0.1) is 15.3 Å². The van der Waals surface area contributed by atoms with Crippen molar-refractivity contribution in [3.8, 4) is 17.3 Å². The number of hydrogen-bond donors (Lipinski definition) is 1. The van der Waals surface area contributed by atoms with Gasteiger partial charge in [0, 0.05) is 25.5 Å². The molecule has 0 fully saturated rings. The molecule has 1 N–H and O–H groups in total. The number of ether oxygens (including phenoxy) is 2. The van der Waals surface area contributed by atoms with Gasteiger partial charge in [0.15, 0.2) is 11.0 Å². The van der Waals surface area contributed by atoms with Crippen molar-refractivity contribution in [2.24, 2.45) is 0 Å². The number of carbonyl (C=O) groups excluding carboxylic acids is 1. The van der Waals surface area contributed by atoms with Crippen LogP contribution in [0, 0.1) is 0 Å². The molecule has 0 saturated heterocycles. The van der Waals surface area contributed by atoms with Crippen LogP contribution in [0.2, 0.25) is 0 Å². The minimum absolute atomic E-state index is 0.0152. The zero-order valence-electron chi connectivity index (χ0n) is 18.9. The van der Waals surface area contributed by atoms with Gasteiger partial charge in [0.25, 0.3) is 0 Å². The molecule has 0 bridgehead atoms. The van der Waals surface area contributed by atoms with Crippen LogP contribution in [-0.4, -0.2) is 56.5 Å². The molecule has 0 aliphatic carbocycles. The molecular weight excluding hydrogens is 473 g/mol. The zero-order chi connectivity index (χ0) is 24.7. The van der Waals surface area contributed by atoms with Crippen LogP contribution in [0.3, 0.4) is 0 Å². The molecule has 1 aromatic carbocycles. The largest absolute Gasteiger partial charge is 0.476 e. The summed E-state index contributed by atoms with van der Waals surface area (Å²) < 4.78 is 52.5. The molecule has 3 aromatic rings. The van der Waals surface area contributed by atoms with Crippen LogP contribution >= 0.6 is 11.8 Å². The van der Waals surface area contributed by atoms with E-state index in [1.165, 1.54) is 12.1 Å². The number of nitrogens with zero attached hydrogens (tertiary/aromatic N) is 5. The van der Waals surface area contributed by atoms with Gasteiger partial charge < -0.3 is 14.8 Å². The van der Waals surface area contributed by atoms with Crippen LogP contribution in [0.5, 0.6) is 5.88 Å². The summed E-state index contributed by atoms with van der Waals surface area (Å²) in [5.41, 5.74) is 0.165. The average Bonchev–Trinajstić information content (AvgIpc) is 3.39. The van der Waals surface area contributed by atoms with E-state index in [1.807, 2.05) is 24.6 Å². The molecule has 0 unspecified atom stereocenters. The maximum absolute atomic E-state index is 12.7. The Morgan fingerprint density at radius 1 is 1.18 bits per heavy atom.